The molecule has 1 heterocycles. The Morgan fingerprint density at radius 2 is 1.83 bits per heavy atom. The third-order valence-corrected chi connectivity index (χ3v) is 4.95. The second-order valence-electron chi connectivity index (χ2n) is 7.57. The Morgan fingerprint density at radius 1 is 1.10 bits per heavy atom. The summed E-state index contributed by atoms with van der Waals surface area (Å²) in [6, 6.07) is 11.9. The first kappa shape index (κ1) is 21.5. The highest BCUT2D eigenvalue weighted by Crippen LogP contribution is 2.29. The number of phenolic OH excluding ortho intramolecular Hbond substituents is 1. The molecule has 1 amide bonds. The summed E-state index contributed by atoms with van der Waals surface area (Å²) in [6.07, 6.45) is 1.96. The fourth-order valence-corrected chi connectivity index (χ4v) is 3.54. The minimum atomic E-state index is -0.320. The highest BCUT2D eigenvalue weighted by atomic mass is 16.3. The molecule has 0 radical (unpaired) electrons. The number of aryl methyl sites for hydroxylation is 4. The Morgan fingerprint density at radius 3 is 2.53 bits per heavy atom. The Kier molecular flexibility index (Phi) is 6.84. The van der Waals surface area contributed by atoms with Gasteiger partial charge in [0, 0.05) is 13.2 Å². The highest BCUT2D eigenvalue weighted by molar-refractivity contribution is 6.68. The molecule has 0 atom stereocenters. The molecule has 0 unspecified atom stereocenters. The maximum absolute atomic E-state index is 12.4. The predicted molar refractivity (Wildman–Crippen MR) is 119 cm³/mol. The largest absolute Gasteiger partial charge is 0.505 e. The van der Waals surface area contributed by atoms with Crippen molar-refractivity contribution < 1.29 is 15.0 Å². The van der Waals surface area contributed by atoms with Gasteiger partial charge < -0.3 is 10.2 Å². The van der Waals surface area contributed by atoms with Crippen LogP contribution in [0.5, 0.6) is 5.75 Å². The van der Waals surface area contributed by atoms with Crippen molar-refractivity contribution in [2.75, 3.05) is 18.6 Å². The number of nitrogens with zero attached hydrogens (tertiary/aromatic N) is 3. The van der Waals surface area contributed by atoms with Gasteiger partial charge in [-0.1, -0.05) is 41.5 Å². The Balaban J connectivity index is 1.70. The summed E-state index contributed by atoms with van der Waals surface area (Å²) in [5, 5.41) is 29.3. The molecule has 3 N–H and O–H groups in total. The number of hydrazone groups is 2. The topological polar surface area (TPSA) is 97.5 Å². The molecule has 3 rings (SSSR count). The summed E-state index contributed by atoms with van der Waals surface area (Å²) in [7, 11) is 0. The van der Waals surface area contributed by atoms with Crippen molar-refractivity contribution in [2.45, 2.75) is 40.0 Å². The van der Waals surface area contributed by atoms with Crippen LogP contribution in [0.2, 0.25) is 0 Å². The number of rotatable bonds is 8. The molecule has 0 aromatic heterocycles. The summed E-state index contributed by atoms with van der Waals surface area (Å²) in [6.45, 7) is 6.20. The fourth-order valence-electron chi connectivity index (χ4n) is 3.54. The minimum absolute atomic E-state index is 0.00808. The summed E-state index contributed by atoms with van der Waals surface area (Å²) in [4.78, 5) is 12.4. The van der Waals surface area contributed by atoms with Gasteiger partial charge in [-0.15, -0.1) is 0 Å². The molecule has 30 heavy (non-hydrogen) atoms. The molecular formula is C23H28N4O3. The number of aliphatic hydroxyl groups excluding tert-OH is 1. The van der Waals surface area contributed by atoms with Gasteiger partial charge in [0.25, 0.3) is 5.91 Å². The smallest absolute Gasteiger partial charge is 0.296 e. The highest BCUT2D eigenvalue weighted by Gasteiger charge is 2.29. The van der Waals surface area contributed by atoms with Crippen LogP contribution < -0.4 is 5.43 Å². The zero-order chi connectivity index (χ0) is 21.7. The zero-order valence-corrected chi connectivity index (χ0v) is 17.6. The molecule has 7 heteroatoms. The van der Waals surface area contributed by atoms with Gasteiger partial charge >= 0.3 is 0 Å². The van der Waals surface area contributed by atoms with Crippen molar-refractivity contribution in [3.8, 4) is 5.75 Å². The summed E-state index contributed by atoms with van der Waals surface area (Å²) in [5.41, 5.74) is 8.45. The number of phenols is 1. The van der Waals surface area contributed by atoms with E-state index in [4.69, 9.17) is 5.11 Å². The van der Waals surface area contributed by atoms with Gasteiger partial charge in [-0.2, -0.15) is 10.2 Å². The van der Waals surface area contributed by atoms with E-state index in [-0.39, 0.29) is 24.0 Å². The summed E-state index contributed by atoms with van der Waals surface area (Å²) >= 11 is 0. The maximum atomic E-state index is 12.4. The zero-order valence-electron chi connectivity index (χ0n) is 17.6. The molecule has 0 saturated carbocycles. The van der Waals surface area contributed by atoms with Gasteiger partial charge in [-0.25, -0.2) is 5.01 Å². The molecule has 7 nitrogen and oxygen atoms in total. The quantitative estimate of drug-likeness (QED) is 0.462. The molecule has 0 spiro atoms. The number of anilines is 1. The number of carbonyl (C=O) groups excluding carboxylic acids is 1. The van der Waals surface area contributed by atoms with E-state index in [1.54, 1.807) is 13.0 Å². The third-order valence-electron chi connectivity index (χ3n) is 4.95. The van der Waals surface area contributed by atoms with Gasteiger partial charge in [0.2, 0.25) is 0 Å². The normalized spacial score (nSPS) is 15.1. The molecule has 0 saturated heterocycles. The van der Waals surface area contributed by atoms with Gasteiger partial charge in [-0.05, 0) is 57.2 Å². The van der Waals surface area contributed by atoms with Crippen LogP contribution in [-0.2, 0) is 17.6 Å². The number of nitrogens with one attached hydrogen (secondary N) is 1. The molecule has 1 aliphatic rings. The van der Waals surface area contributed by atoms with E-state index in [9.17, 15) is 9.90 Å². The lowest BCUT2D eigenvalue weighted by molar-refractivity contribution is -0.123. The number of aliphatic hydroxyl groups is 1. The number of para-hydroxylation sites is 1. The van der Waals surface area contributed by atoms with Crippen LogP contribution in [-0.4, -0.2) is 45.7 Å². The number of aromatic hydroxyl groups is 1. The number of carbonyl (C=O) groups is 1. The van der Waals surface area contributed by atoms with E-state index in [1.165, 1.54) is 21.7 Å². The van der Waals surface area contributed by atoms with E-state index in [0.29, 0.717) is 30.8 Å². The van der Waals surface area contributed by atoms with Gasteiger partial charge in [-0.3, -0.25) is 10.2 Å². The van der Waals surface area contributed by atoms with Crippen LogP contribution in [0, 0.1) is 13.8 Å². The molecule has 2 aromatic carbocycles. The lowest BCUT2D eigenvalue weighted by Gasteiger charge is -2.11. The fraction of sp³-hybridized carbons (Fsp3) is 0.348. The summed E-state index contributed by atoms with van der Waals surface area (Å²) < 4.78 is 0. The van der Waals surface area contributed by atoms with Crippen molar-refractivity contribution in [3.05, 3.63) is 58.7 Å². The predicted octanol–water partition coefficient (Wildman–Crippen LogP) is 3.16. The number of hydrogen-bond donors (Lipinski definition) is 3. The SMILES string of the molecule is CC1=NN(CCCO)C(=O)C1=NNc1cccc(CCc2cc(C)cc(C)c2)c1O. The van der Waals surface area contributed by atoms with Crippen LogP contribution >= 0.6 is 0 Å². The van der Waals surface area contributed by atoms with Crippen molar-refractivity contribution in [3.63, 3.8) is 0 Å². The second-order valence-corrected chi connectivity index (χ2v) is 7.57. The van der Waals surface area contributed by atoms with Crippen molar-refractivity contribution in [2.24, 2.45) is 10.2 Å². The van der Waals surface area contributed by atoms with Crippen LogP contribution in [0.1, 0.15) is 35.6 Å². The molecule has 0 fully saturated rings. The van der Waals surface area contributed by atoms with E-state index in [1.807, 2.05) is 12.1 Å². The average molecular weight is 409 g/mol. The van der Waals surface area contributed by atoms with Gasteiger partial charge in [0.1, 0.15) is 5.75 Å². The van der Waals surface area contributed by atoms with Gasteiger partial charge in [0.05, 0.1) is 11.4 Å². The van der Waals surface area contributed by atoms with Crippen molar-refractivity contribution in [1.29, 1.82) is 0 Å². The first-order chi connectivity index (χ1) is 14.4. The second kappa shape index (κ2) is 9.54. The average Bonchev–Trinajstić information content (AvgIpc) is 2.97. The number of hydrogen-bond acceptors (Lipinski definition) is 6. The molecule has 158 valence electrons. The van der Waals surface area contributed by atoms with Crippen molar-refractivity contribution >= 4 is 23.0 Å². The monoisotopic (exact) mass is 408 g/mol. The number of benzene rings is 2. The van der Waals surface area contributed by atoms with Crippen molar-refractivity contribution in [1.82, 2.24) is 5.01 Å². The molecule has 1 aliphatic heterocycles. The molecular weight excluding hydrogens is 380 g/mol. The first-order valence-corrected chi connectivity index (χ1v) is 10.1. The molecule has 0 aliphatic carbocycles. The van der Waals surface area contributed by atoms with Crippen LogP contribution in [0.3, 0.4) is 0 Å². The Hall–Kier alpha value is -3.19. The van der Waals surface area contributed by atoms with E-state index in [0.717, 1.165) is 12.0 Å². The first-order valence-electron chi connectivity index (χ1n) is 10.1. The lowest BCUT2D eigenvalue weighted by atomic mass is 10.00. The van der Waals surface area contributed by atoms with E-state index < -0.39 is 0 Å². The Labute approximate surface area is 176 Å². The van der Waals surface area contributed by atoms with E-state index >= 15 is 0 Å². The van der Waals surface area contributed by atoms with Crippen LogP contribution in [0.25, 0.3) is 0 Å². The maximum Gasteiger partial charge on any atom is 0.296 e. The molecule has 2 aromatic rings. The Bertz CT molecular complexity index is 978. The molecule has 0 bridgehead atoms. The van der Waals surface area contributed by atoms with Crippen LogP contribution in [0.15, 0.2) is 46.6 Å². The van der Waals surface area contributed by atoms with E-state index in [2.05, 4.69) is 47.7 Å². The van der Waals surface area contributed by atoms with Gasteiger partial charge in [0.15, 0.2) is 5.71 Å². The minimum Gasteiger partial charge on any atom is -0.505 e. The number of amides is 1. The lowest BCUT2D eigenvalue weighted by Crippen LogP contribution is -2.29. The standard InChI is InChI=1S/C23H28N4O3/c1-15-12-16(2)14-18(13-15)8-9-19-6-4-7-20(22(19)29)24-25-21-17(3)26-27(23(21)30)10-5-11-28/h4,6-7,12-14,24,28-29H,5,8-11H2,1-3H3. The third kappa shape index (κ3) is 5.04. The summed E-state index contributed by atoms with van der Waals surface area (Å²) in [5.74, 6) is -0.192. The van der Waals surface area contributed by atoms with Crippen LogP contribution in [0.4, 0.5) is 5.69 Å².